The zero-order valence-corrected chi connectivity index (χ0v) is 14.1. The highest BCUT2D eigenvalue weighted by atomic mass is 19.1. The summed E-state index contributed by atoms with van der Waals surface area (Å²) >= 11 is 0. The molecule has 0 saturated carbocycles. The van der Waals surface area contributed by atoms with Crippen molar-refractivity contribution in [2.75, 3.05) is 37.6 Å². The molecule has 1 saturated heterocycles. The maximum atomic E-state index is 14.4. The number of anilines is 1. The number of benzene rings is 2. The lowest BCUT2D eigenvalue weighted by Gasteiger charge is -2.37. The van der Waals surface area contributed by atoms with Crippen LogP contribution in [0.25, 0.3) is 0 Å². The van der Waals surface area contributed by atoms with Crippen LogP contribution in [0.5, 0.6) is 0 Å². The molecule has 0 radical (unpaired) electrons. The second-order valence-electron chi connectivity index (χ2n) is 6.39. The van der Waals surface area contributed by atoms with Gasteiger partial charge in [0.15, 0.2) is 0 Å². The van der Waals surface area contributed by atoms with E-state index in [0.717, 1.165) is 56.8 Å². The summed E-state index contributed by atoms with van der Waals surface area (Å²) in [6, 6.07) is 15.9. The summed E-state index contributed by atoms with van der Waals surface area (Å²) in [5.74, 6) is -0.110. The first-order valence-corrected chi connectivity index (χ1v) is 8.76. The van der Waals surface area contributed by atoms with Gasteiger partial charge < -0.3 is 10.6 Å². The lowest BCUT2D eigenvalue weighted by Crippen LogP contribution is -2.46. The molecule has 2 N–H and O–H groups in total. The van der Waals surface area contributed by atoms with Crippen LogP contribution >= 0.6 is 0 Å². The van der Waals surface area contributed by atoms with Crippen LogP contribution in [0.3, 0.4) is 0 Å². The third-order valence-corrected chi connectivity index (χ3v) is 4.66. The van der Waals surface area contributed by atoms with Crippen LogP contribution in [0.1, 0.15) is 17.5 Å². The largest absolute Gasteiger partial charge is 0.366 e. The summed E-state index contributed by atoms with van der Waals surface area (Å²) in [5, 5.41) is 0. The molecule has 1 aliphatic rings. The van der Waals surface area contributed by atoms with E-state index in [-0.39, 0.29) is 5.82 Å². The van der Waals surface area contributed by atoms with Crippen LogP contribution in [0.2, 0.25) is 0 Å². The van der Waals surface area contributed by atoms with Gasteiger partial charge in [-0.05, 0) is 36.6 Å². The molecule has 0 unspecified atom stereocenters. The fraction of sp³-hybridized carbons (Fsp3) is 0.400. The van der Waals surface area contributed by atoms with E-state index in [1.165, 1.54) is 5.56 Å². The maximum Gasteiger partial charge on any atom is 0.146 e. The molecule has 0 amide bonds. The standard InChI is InChI=1S/C20H26FN3/c21-19-10-4-8-18(9-5-11-22)20(19)24-14-12-23(13-15-24)16-17-6-2-1-3-7-17/h1-4,6-8,10H,5,9,11-16,22H2. The Hall–Kier alpha value is -1.91. The Labute approximate surface area is 143 Å². The molecule has 1 aliphatic heterocycles. The van der Waals surface area contributed by atoms with Gasteiger partial charge in [0.25, 0.3) is 0 Å². The number of nitrogens with two attached hydrogens (primary N) is 1. The smallest absolute Gasteiger partial charge is 0.146 e. The Balaban J connectivity index is 1.64. The molecule has 128 valence electrons. The van der Waals surface area contributed by atoms with E-state index >= 15 is 0 Å². The van der Waals surface area contributed by atoms with Gasteiger partial charge in [0.05, 0.1) is 5.69 Å². The lowest BCUT2D eigenvalue weighted by molar-refractivity contribution is 0.249. The molecule has 3 rings (SSSR count). The number of nitrogens with zero attached hydrogens (tertiary/aromatic N) is 2. The zero-order chi connectivity index (χ0) is 16.8. The van der Waals surface area contributed by atoms with Crippen molar-refractivity contribution < 1.29 is 4.39 Å². The molecule has 0 atom stereocenters. The van der Waals surface area contributed by atoms with Crippen LogP contribution in [0.15, 0.2) is 48.5 Å². The lowest BCUT2D eigenvalue weighted by atomic mass is 10.1. The Morgan fingerprint density at radius 2 is 1.67 bits per heavy atom. The topological polar surface area (TPSA) is 32.5 Å². The van der Waals surface area contributed by atoms with E-state index in [4.69, 9.17) is 5.73 Å². The Morgan fingerprint density at radius 3 is 2.38 bits per heavy atom. The molecule has 3 nitrogen and oxygen atoms in total. The number of hydrogen-bond donors (Lipinski definition) is 1. The summed E-state index contributed by atoms with van der Waals surface area (Å²) < 4.78 is 14.4. The van der Waals surface area contributed by atoms with Crippen molar-refractivity contribution in [3.8, 4) is 0 Å². The highest BCUT2D eigenvalue weighted by molar-refractivity contribution is 5.55. The number of halogens is 1. The van der Waals surface area contributed by atoms with Gasteiger partial charge in [0.1, 0.15) is 5.82 Å². The van der Waals surface area contributed by atoms with E-state index in [9.17, 15) is 4.39 Å². The fourth-order valence-corrected chi connectivity index (χ4v) is 3.38. The molecule has 0 aromatic heterocycles. The summed E-state index contributed by atoms with van der Waals surface area (Å²) in [5.41, 5.74) is 8.82. The van der Waals surface area contributed by atoms with Gasteiger partial charge >= 0.3 is 0 Å². The van der Waals surface area contributed by atoms with E-state index in [2.05, 4.69) is 34.1 Å². The van der Waals surface area contributed by atoms with Gasteiger partial charge in [-0.3, -0.25) is 4.90 Å². The highest BCUT2D eigenvalue weighted by Gasteiger charge is 2.21. The SMILES string of the molecule is NCCCc1cccc(F)c1N1CCN(Cc2ccccc2)CC1. The quantitative estimate of drug-likeness (QED) is 0.885. The zero-order valence-electron chi connectivity index (χ0n) is 14.1. The molecule has 1 heterocycles. The van der Waals surface area contributed by atoms with Crippen LogP contribution < -0.4 is 10.6 Å². The van der Waals surface area contributed by atoms with Crippen molar-refractivity contribution in [2.45, 2.75) is 19.4 Å². The van der Waals surface area contributed by atoms with Crippen molar-refractivity contribution in [3.05, 3.63) is 65.5 Å². The first-order chi connectivity index (χ1) is 11.8. The first-order valence-electron chi connectivity index (χ1n) is 8.76. The average Bonchev–Trinajstić information content (AvgIpc) is 2.62. The van der Waals surface area contributed by atoms with Crippen molar-refractivity contribution >= 4 is 5.69 Å². The van der Waals surface area contributed by atoms with Gasteiger partial charge in [-0.15, -0.1) is 0 Å². The van der Waals surface area contributed by atoms with Crippen molar-refractivity contribution in [2.24, 2.45) is 5.73 Å². The van der Waals surface area contributed by atoms with E-state index in [0.29, 0.717) is 6.54 Å². The van der Waals surface area contributed by atoms with Crippen LogP contribution in [0, 0.1) is 5.82 Å². The van der Waals surface area contributed by atoms with Gasteiger partial charge in [0, 0.05) is 32.7 Å². The highest BCUT2D eigenvalue weighted by Crippen LogP contribution is 2.27. The molecule has 1 fully saturated rings. The van der Waals surface area contributed by atoms with Gasteiger partial charge in [0.2, 0.25) is 0 Å². The second kappa shape index (κ2) is 8.27. The summed E-state index contributed by atoms with van der Waals surface area (Å²) in [7, 11) is 0. The molecule has 0 aliphatic carbocycles. The minimum atomic E-state index is -0.110. The number of para-hydroxylation sites is 1. The molecule has 2 aromatic carbocycles. The van der Waals surface area contributed by atoms with Gasteiger partial charge in [-0.1, -0.05) is 42.5 Å². The van der Waals surface area contributed by atoms with Crippen molar-refractivity contribution in [1.82, 2.24) is 4.90 Å². The molecule has 0 bridgehead atoms. The second-order valence-corrected chi connectivity index (χ2v) is 6.39. The van der Waals surface area contributed by atoms with E-state index in [1.807, 2.05) is 12.1 Å². The fourth-order valence-electron chi connectivity index (χ4n) is 3.38. The number of aryl methyl sites for hydroxylation is 1. The molecule has 24 heavy (non-hydrogen) atoms. The minimum Gasteiger partial charge on any atom is -0.366 e. The summed E-state index contributed by atoms with van der Waals surface area (Å²) in [4.78, 5) is 4.63. The monoisotopic (exact) mass is 327 g/mol. The number of rotatable bonds is 6. The van der Waals surface area contributed by atoms with E-state index < -0.39 is 0 Å². The van der Waals surface area contributed by atoms with Crippen molar-refractivity contribution in [1.29, 1.82) is 0 Å². The third kappa shape index (κ3) is 4.13. The Bertz CT molecular complexity index is 637. The average molecular weight is 327 g/mol. The molecule has 2 aromatic rings. The predicted octanol–water partition coefficient (Wildman–Crippen LogP) is 3.04. The van der Waals surface area contributed by atoms with Gasteiger partial charge in [-0.2, -0.15) is 0 Å². The van der Waals surface area contributed by atoms with Crippen LogP contribution in [-0.4, -0.2) is 37.6 Å². The number of piperazine rings is 1. The van der Waals surface area contributed by atoms with E-state index in [1.54, 1.807) is 12.1 Å². The minimum absolute atomic E-state index is 0.110. The summed E-state index contributed by atoms with van der Waals surface area (Å²) in [6.07, 6.45) is 1.73. The normalized spacial score (nSPS) is 15.7. The Morgan fingerprint density at radius 1 is 0.917 bits per heavy atom. The first kappa shape index (κ1) is 16.9. The maximum absolute atomic E-state index is 14.4. The summed E-state index contributed by atoms with van der Waals surface area (Å²) in [6.45, 7) is 5.25. The Kier molecular flexibility index (Phi) is 5.83. The van der Waals surface area contributed by atoms with Crippen LogP contribution in [-0.2, 0) is 13.0 Å². The third-order valence-electron chi connectivity index (χ3n) is 4.66. The predicted molar refractivity (Wildman–Crippen MR) is 97.7 cm³/mol. The molecule has 0 spiro atoms. The number of hydrogen-bond acceptors (Lipinski definition) is 3. The molecular weight excluding hydrogens is 301 g/mol. The van der Waals surface area contributed by atoms with Crippen LogP contribution in [0.4, 0.5) is 10.1 Å². The molecular formula is C20H26FN3. The molecule has 4 heteroatoms. The van der Waals surface area contributed by atoms with Crippen molar-refractivity contribution in [3.63, 3.8) is 0 Å². The van der Waals surface area contributed by atoms with Gasteiger partial charge in [-0.25, -0.2) is 4.39 Å².